The lowest BCUT2D eigenvalue weighted by molar-refractivity contribution is 0.0940. The number of halogens is 1. The van der Waals surface area contributed by atoms with Crippen molar-refractivity contribution in [2.45, 2.75) is 38.1 Å². The average Bonchev–Trinajstić information content (AvgIpc) is 3.42. The SMILES string of the molecule is Cc1ccc(C(=O)N[C@H](Cc2cc(=O)[nH]c(C3CC3)n2)c2ccc(F)cc2)s1. The molecule has 1 fully saturated rings. The summed E-state index contributed by atoms with van der Waals surface area (Å²) in [7, 11) is 0. The fraction of sp³-hybridized carbons (Fsp3) is 0.286. The molecule has 144 valence electrons. The first-order valence-corrected chi connectivity index (χ1v) is 10.0. The van der Waals surface area contributed by atoms with Gasteiger partial charge in [-0.2, -0.15) is 0 Å². The van der Waals surface area contributed by atoms with Gasteiger partial charge in [-0.25, -0.2) is 9.37 Å². The Morgan fingerprint density at radius 2 is 2.04 bits per heavy atom. The van der Waals surface area contributed by atoms with Crippen LogP contribution in [0.5, 0.6) is 0 Å². The molecule has 0 spiro atoms. The molecule has 5 nitrogen and oxygen atoms in total. The number of aryl methyl sites for hydroxylation is 1. The van der Waals surface area contributed by atoms with Gasteiger partial charge < -0.3 is 10.3 Å². The Morgan fingerprint density at radius 3 is 2.68 bits per heavy atom. The molecule has 2 aromatic heterocycles. The molecule has 7 heteroatoms. The molecule has 3 aromatic rings. The van der Waals surface area contributed by atoms with Crippen LogP contribution in [-0.4, -0.2) is 15.9 Å². The molecule has 1 saturated carbocycles. The van der Waals surface area contributed by atoms with Crippen molar-refractivity contribution in [2.24, 2.45) is 0 Å². The second-order valence-corrected chi connectivity index (χ2v) is 8.38. The van der Waals surface area contributed by atoms with Crippen molar-refractivity contribution in [3.63, 3.8) is 0 Å². The lowest BCUT2D eigenvalue weighted by Crippen LogP contribution is -2.30. The predicted molar refractivity (Wildman–Crippen MR) is 106 cm³/mol. The molecular weight excluding hydrogens is 377 g/mol. The molecule has 0 saturated heterocycles. The predicted octanol–water partition coefficient (Wildman–Crippen LogP) is 3.87. The van der Waals surface area contributed by atoms with Crippen molar-refractivity contribution in [3.8, 4) is 0 Å². The van der Waals surface area contributed by atoms with E-state index in [1.807, 2.05) is 13.0 Å². The average molecular weight is 397 g/mol. The number of benzene rings is 1. The largest absolute Gasteiger partial charge is 0.344 e. The third-order valence-electron chi connectivity index (χ3n) is 4.73. The van der Waals surface area contributed by atoms with Gasteiger partial charge in [0.25, 0.3) is 11.5 Å². The van der Waals surface area contributed by atoms with Crippen molar-refractivity contribution in [3.05, 3.63) is 85.5 Å². The number of hydrogen-bond acceptors (Lipinski definition) is 4. The van der Waals surface area contributed by atoms with Crippen LogP contribution >= 0.6 is 11.3 Å². The summed E-state index contributed by atoms with van der Waals surface area (Å²) in [5, 5.41) is 3.01. The maximum absolute atomic E-state index is 13.4. The zero-order chi connectivity index (χ0) is 19.7. The highest BCUT2D eigenvalue weighted by Crippen LogP contribution is 2.37. The van der Waals surface area contributed by atoms with E-state index >= 15 is 0 Å². The van der Waals surface area contributed by atoms with E-state index in [9.17, 15) is 14.0 Å². The van der Waals surface area contributed by atoms with Gasteiger partial charge in [0.05, 0.1) is 16.6 Å². The fourth-order valence-electron chi connectivity index (χ4n) is 3.13. The molecule has 4 rings (SSSR count). The highest BCUT2D eigenvalue weighted by atomic mass is 32.1. The molecule has 1 amide bonds. The topological polar surface area (TPSA) is 74.8 Å². The van der Waals surface area contributed by atoms with Gasteiger partial charge in [-0.3, -0.25) is 9.59 Å². The van der Waals surface area contributed by atoms with Gasteiger partial charge in [0.15, 0.2) is 0 Å². The molecule has 1 aromatic carbocycles. The van der Waals surface area contributed by atoms with Crippen LogP contribution < -0.4 is 10.9 Å². The molecule has 2 heterocycles. The van der Waals surface area contributed by atoms with E-state index in [1.54, 1.807) is 18.2 Å². The van der Waals surface area contributed by atoms with Crippen LogP contribution in [-0.2, 0) is 6.42 Å². The van der Waals surface area contributed by atoms with Crippen molar-refractivity contribution >= 4 is 17.2 Å². The highest BCUT2D eigenvalue weighted by Gasteiger charge is 2.27. The Hall–Kier alpha value is -2.80. The molecule has 1 atom stereocenters. The number of nitrogens with zero attached hydrogens (tertiary/aromatic N) is 1. The molecule has 0 bridgehead atoms. The van der Waals surface area contributed by atoms with E-state index in [1.165, 1.54) is 29.5 Å². The van der Waals surface area contributed by atoms with Crippen LogP contribution in [0.15, 0.2) is 47.3 Å². The van der Waals surface area contributed by atoms with Gasteiger partial charge in [0.1, 0.15) is 11.6 Å². The monoisotopic (exact) mass is 397 g/mol. The maximum atomic E-state index is 13.4. The first-order valence-electron chi connectivity index (χ1n) is 9.21. The van der Waals surface area contributed by atoms with E-state index < -0.39 is 6.04 Å². The third-order valence-corrected chi connectivity index (χ3v) is 5.73. The minimum Gasteiger partial charge on any atom is -0.344 e. The Bertz CT molecular complexity index is 1050. The van der Waals surface area contributed by atoms with E-state index in [4.69, 9.17) is 0 Å². The molecule has 2 N–H and O–H groups in total. The van der Waals surface area contributed by atoms with E-state index in [-0.39, 0.29) is 17.3 Å². The van der Waals surface area contributed by atoms with E-state index in [2.05, 4.69) is 15.3 Å². The molecule has 0 radical (unpaired) electrons. The smallest absolute Gasteiger partial charge is 0.261 e. The van der Waals surface area contributed by atoms with Gasteiger partial charge in [-0.05, 0) is 49.6 Å². The van der Waals surface area contributed by atoms with Crippen LogP contribution in [0, 0.1) is 12.7 Å². The quantitative estimate of drug-likeness (QED) is 0.663. The number of H-pyrrole nitrogens is 1. The summed E-state index contributed by atoms with van der Waals surface area (Å²) in [6, 6.07) is 10.8. The van der Waals surface area contributed by atoms with Gasteiger partial charge in [0.2, 0.25) is 0 Å². The van der Waals surface area contributed by atoms with E-state index in [0.29, 0.717) is 28.7 Å². The van der Waals surface area contributed by atoms with Crippen LogP contribution in [0.25, 0.3) is 0 Å². The van der Waals surface area contributed by atoms with Crippen molar-refractivity contribution in [2.75, 3.05) is 0 Å². The zero-order valence-corrected chi connectivity index (χ0v) is 16.2. The summed E-state index contributed by atoms with van der Waals surface area (Å²) >= 11 is 1.42. The van der Waals surface area contributed by atoms with E-state index in [0.717, 1.165) is 23.3 Å². The summed E-state index contributed by atoms with van der Waals surface area (Å²) in [6.45, 7) is 1.94. The van der Waals surface area contributed by atoms with Crippen molar-refractivity contribution in [1.82, 2.24) is 15.3 Å². The first kappa shape index (κ1) is 18.6. The molecule has 0 aliphatic heterocycles. The normalized spacial score (nSPS) is 14.6. The Kier molecular flexibility index (Phi) is 5.09. The Labute approximate surface area is 165 Å². The third kappa shape index (κ3) is 4.36. The number of carbonyl (C=O) groups excluding carboxylic acids is 1. The van der Waals surface area contributed by atoms with Gasteiger partial charge in [0, 0.05) is 23.3 Å². The number of rotatable bonds is 6. The summed E-state index contributed by atoms with van der Waals surface area (Å²) in [6.07, 6.45) is 2.41. The number of carbonyl (C=O) groups is 1. The summed E-state index contributed by atoms with van der Waals surface area (Å²) in [4.78, 5) is 33.8. The van der Waals surface area contributed by atoms with Crippen LogP contribution in [0.2, 0.25) is 0 Å². The molecule has 0 unspecified atom stereocenters. The van der Waals surface area contributed by atoms with Crippen molar-refractivity contribution < 1.29 is 9.18 Å². The second-order valence-electron chi connectivity index (χ2n) is 7.09. The summed E-state index contributed by atoms with van der Waals surface area (Å²) in [5.41, 5.74) is 1.19. The molecular formula is C21H20FN3O2S. The van der Waals surface area contributed by atoms with Crippen LogP contribution in [0.1, 0.15) is 56.4 Å². The Balaban J connectivity index is 1.62. The first-order chi connectivity index (χ1) is 13.5. The minimum atomic E-state index is -0.420. The number of hydrogen-bond donors (Lipinski definition) is 2. The van der Waals surface area contributed by atoms with Gasteiger partial charge in [-0.1, -0.05) is 12.1 Å². The van der Waals surface area contributed by atoms with Gasteiger partial charge in [-0.15, -0.1) is 11.3 Å². The number of thiophene rings is 1. The molecule has 28 heavy (non-hydrogen) atoms. The number of aromatic nitrogens is 2. The fourth-order valence-corrected chi connectivity index (χ4v) is 3.90. The second kappa shape index (κ2) is 7.67. The highest BCUT2D eigenvalue weighted by molar-refractivity contribution is 7.13. The van der Waals surface area contributed by atoms with Crippen molar-refractivity contribution in [1.29, 1.82) is 0 Å². The Morgan fingerprint density at radius 1 is 1.29 bits per heavy atom. The van der Waals surface area contributed by atoms with Gasteiger partial charge >= 0.3 is 0 Å². The summed E-state index contributed by atoms with van der Waals surface area (Å²) < 4.78 is 13.4. The lowest BCUT2D eigenvalue weighted by atomic mass is 10.0. The number of nitrogens with one attached hydrogen (secondary N) is 2. The number of aromatic amines is 1. The molecule has 1 aliphatic carbocycles. The minimum absolute atomic E-state index is 0.190. The maximum Gasteiger partial charge on any atom is 0.261 e. The number of amides is 1. The van der Waals surface area contributed by atoms with Crippen LogP contribution in [0.3, 0.4) is 0 Å². The lowest BCUT2D eigenvalue weighted by Gasteiger charge is -2.19. The molecule has 1 aliphatic rings. The zero-order valence-electron chi connectivity index (χ0n) is 15.4. The summed E-state index contributed by atoms with van der Waals surface area (Å²) in [5.74, 6) is 0.494. The standard InChI is InChI=1S/C21H20FN3O2S/c1-12-2-9-18(28-12)21(27)24-17(13-5-7-15(22)8-6-13)10-16-11-19(26)25-20(23-16)14-3-4-14/h2,5-9,11,14,17H,3-4,10H2,1H3,(H,24,27)(H,23,25,26)/t17-/m1/s1. The van der Waals surface area contributed by atoms with Crippen LogP contribution in [0.4, 0.5) is 4.39 Å².